The number of anilines is 1. The van der Waals surface area contributed by atoms with Gasteiger partial charge in [0.25, 0.3) is 0 Å². The molecule has 0 unspecified atom stereocenters. The topological polar surface area (TPSA) is 66.4 Å². The van der Waals surface area contributed by atoms with Crippen LogP contribution in [0.5, 0.6) is 11.5 Å². The summed E-state index contributed by atoms with van der Waals surface area (Å²) in [7, 11) is 0. The van der Waals surface area contributed by atoms with E-state index in [1.165, 1.54) is 5.69 Å². The average molecular weight is 394 g/mol. The number of benzene rings is 2. The van der Waals surface area contributed by atoms with Crippen LogP contribution in [0.1, 0.15) is 12.0 Å². The number of carbonyl (C=O) groups excluding carboxylic acids is 1. The van der Waals surface area contributed by atoms with Gasteiger partial charge in [-0.2, -0.15) is 5.10 Å². The van der Waals surface area contributed by atoms with Gasteiger partial charge in [0.2, 0.25) is 5.91 Å². The van der Waals surface area contributed by atoms with Crippen LogP contribution in [0.3, 0.4) is 0 Å². The van der Waals surface area contributed by atoms with E-state index in [0.717, 1.165) is 44.0 Å². The van der Waals surface area contributed by atoms with Gasteiger partial charge in [0.1, 0.15) is 13.2 Å². The third kappa shape index (κ3) is 5.26. The van der Waals surface area contributed by atoms with E-state index in [4.69, 9.17) is 9.47 Å². The molecule has 7 nitrogen and oxygen atoms in total. The van der Waals surface area contributed by atoms with Crippen molar-refractivity contribution in [2.24, 2.45) is 5.10 Å². The van der Waals surface area contributed by atoms with Gasteiger partial charge in [0.05, 0.1) is 6.21 Å². The van der Waals surface area contributed by atoms with E-state index >= 15 is 0 Å². The number of fused-ring (bicyclic) bond motifs is 1. The zero-order valence-corrected chi connectivity index (χ0v) is 16.4. The molecule has 4 rings (SSSR count). The Labute approximate surface area is 170 Å². The Bertz CT molecular complexity index is 848. The fourth-order valence-electron chi connectivity index (χ4n) is 3.50. The highest BCUT2D eigenvalue weighted by molar-refractivity contribution is 5.83. The van der Waals surface area contributed by atoms with E-state index in [-0.39, 0.29) is 5.91 Å². The van der Waals surface area contributed by atoms with Gasteiger partial charge in [-0.25, -0.2) is 5.43 Å². The van der Waals surface area contributed by atoms with E-state index in [9.17, 15) is 4.79 Å². The first kappa shape index (κ1) is 19.3. The first-order valence-corrected chi connectivity index (χ1v) is 10.0. The molecule has 0 atom stereocenters. The maximum Gasteiger partial charge on any atom is 0.241 e. The first-order valence-electron chi connectivity index (χ1n) is 10.0. The number of hydrogen-bond donors (Lipinski definition) is 1. The number of ether oxygens (including phenoxy) is 2. The third-order valence-electron chi connectivity index (χ3n) is 5.12. The number of piperazine rings is 1. The zero-order valence-electron chi connectivity index (χ0n) is 16.4. The highest BCUT2D eigenvalue weighted by Gasteiger charge is 2.17. The number of rotatable bonds is 6. The number of carbonyl (C=O) groups is 1. The Kier molecular flexibility index (Phi) is 6.26. The second kappa shape index (κ2) is 9.43. The number of amides is 1. The molecule has 0 saturated carbocycles. The molecular formula is C22H26N4O3. The largest absolute Gasteiger partial charge is 0.486 e. The fraction of sp³-hybridized carbons (Fsp3) is 0.364. The Hall–Kier alpha value is -3.06. The monoisotopic (exact) mass is 394 g/mol. The van der Waals surface area contributed by atoms with Crippen molar-refractivity contribution in [3.05, 3.63) is 54.1 Å². The van der Waals surface area contributed by atoms with E-state index in [0.29, 0.717) is 25.4 Å². The number of para-hydroxylation sites is 1. The van der Waals surface area contributed by atoms with Gasteiger partial charge in [-0.3, -0.25) is 9.69 Å². The van der Waals surface area contributed by atoms with Crippen LogP contribution in [0.15, 0.2) is 53.6 Å². The van der Waals surface area contributed by atoms with Crippen molar-refractivity contribution < 1.29 is 14.3 Å². The van der Waals surface area contributed by atoms with Crippen LogP contribution in [0.25, 0.3) is 0 Å². The van der Waals surface area contributed by atoms with Crippen LogP contribution >= 0.6 is 0 Å². The van der Waals surface area contributed by atoms with Gasteiger partial charge in [-0.15, -0.1) is 0 Å². The molecule has 1 saturated heterocycles. The Morgan fingerprint density at radius 2 is 1.76 bits per heavy atom. The van der Waals surface area contributed by atoms with Crippen LogP contribution < -0.4 is 19.8 Å². The SMILES string of the molecule is O=C(CCN1CCN(c2ccccc2)CC1)N/N=C\c1ccc2c(c1)OCCO2. The Morgan fingerprint density at radius 3 is 2.55 bits per heavy atom. The second-order valence-electron chi connectivity index (χ2n) is 7.11. The molecule has 2 aromatic rings. The number of nitrogens with zero attached hydrogens (tertiary/aromatic N) is 3. The van der Waals surface area contributed by atoms with Crippen molar-refractivity contribution in [3.8, 4) is 11.5 Å². The summed E-state index contributed by atoms with van der Waals surface area (Å²) >= 11 is 0. The Balaban J connectivity index is 1.17. The first-order chi connectivity index (χ1) is 14.3. The molecule has 2 aliphatic heterocycles. The lowest BCUT2D eigenvalue weighted by molar-refractivity contribution is -0.121. The average Bonchev–Trinajstić information content (AvgIpc) is 2.78. The number of nitrogens with one attached hydrogen (secondary N) is 1. The van der Waals surface area contributed by atoms with E-state index in [2.05, 4.69) is 44.6 Å². The van der Waals surface area contributed by atoms with E-state index in [1.807, 2.05) is 24.3 Å². The molecule has 0 radical (unpaired) electrons. The molecule has 0 bridgehead atoms. The summed E-state index contributed by atoms with van der Waals surface area (Å²) in [6.07, 6.45) is 2.05. The molecule has 2 aliphatic rings. The highest BCUT2D eigenvalue weighted by Crippen LogP contribution is 2.30. The third-order valence-corrected chi connectivity index (χ3v) is 5.12. The molecule has 1 fully saturated rings. The summed E-state index contributed by atoms with van der Waals surface area (Å²) in [5.41, 5.74) is 4.72. The molecule has 0 spiro atoms. The van der Waals surface area contributed by atoms with E-state index < -0.39 is 0 Å². The molecule has 2 heterocycles. The van der Waals surface area contributed by atoms with Crippen molar-refractivity contribution in [1.29, 1.82) is 0 Å². The standard InChI is InChI=1S/C22H26N4O3/c27-22(24-23-17-18-6-7-20-21(16-18)29-15-14-28-20)8-9-25-10-12-26(13-11-25)19-4-2-1-3-5-19/h1-7,16-17H,8-15H2,(H,24,27)/b23-17-. The molecule has 1 N–H and O–H groups in total. The summed E-state index contributed by atoms with van der Waals surface area (Å²) in [4.78, 5) is 16.8. The quantitative estimate of drug-likeness (QED) is 0.601. The van der Waals surface area contributed by atoms with E-state index in [1.54, 1.807) is 6.21 Å². The van der Waals surface area contributed by atoms with Gasteiger partial charge >= 0.3 is 0 Å². The van der Waals surface area contributed by atoms with Crippen LogP contribution in [0.2, 0.25) is 0 Å². The summed E-state index contributed by atoms with van der Waals surface area (Å²) in [6, 6.07) is 16.0. The predicted molar refractivity (Wildman–Crippen MR) is 113 cm³/mol. The van der Waals surface area contributed by atoms with Crippen LogP contribution in [0, 0.1) is 0 Å². The minimum Gasteiger partial charge on any atom is -0.486 e. The van der Waals surface area contributed by atoms with Gasteiger partial charge in [0.15, 0.2) is 11.5 Å². The van der Waals surface area contributed by atoms with Gasteiger partial charge in [-0.05, 0) is 35.9 Å². The summed E-state index contributed by atoms with van der Waals surface area (Å²) in [5.74, 6) is 1.37. The highest BCUT2D eigenvalue weighted by atomic mass is 16.6. The summed E-state index contributed by atoms with van der Waals surface area (Å²) < 4.78 is 11.0. The second-order valence-corrected chi connectivity index (χ2v) is 7.11. The number of hydrazone groups is 1. The minimum atomic E-state index is -0.0794. The molecule has 29 heavy (non-hydrogen) atoms. The Morgan fingerprint density at radius 1 is 1.00 bits per heavy atom. The minimum absolute atomic E-state index is 0.0794. The lowest BCUT2D eigenvalue weighted by Gasteiger charge is -2.36. The molecule has 152 valence electrons. The van der Waals surface area contributed by atoms with Gasteiger partial charge < -0.3 is 14.4 Å². The predicted octanol–water partition coefficient (Wildman–Crippen LogP) is 2.12. The fourth-order valence-corrected chi connectivity index (χ4v) is 3.50. The molecule has 0 aliphatic carbocycles. The lowest BCUT2D eigenvalue weighted by Crippen LogP contribution is -2.47. The molecular weight excluding hydrogens is 368 g/mol. The van der Waals surface area contributed by atoms with Crippen molar-refractivity contribution in [1.82, 2.24) is 10.3 Å². The van der Waals surface area contributed by atoms with Crippen LogP contribution in [-0.4, -0.2) is 63.0 Å². The molecule has 2 aromatic carbocycles. The van der Waals surface area contributed by atoms with Crippen molar-refractivity contribution in [3.63, 3.8) is 0 Å². The molecule has 0 aromatic heterocycles. The smallest absolute Gasteiger partial charge is 0.241 e. The zero-order chi connectivity index (χ0) is 19.9. The maximum absolute atomic E-state index is 12.1. The summed E-state index contributed by atoms with van der Waals surface area (Å²) in [6.45, 7) is 5.74. The van der Waals surface area contributed by atoms with Crippen molar-refractivity contribution in [2.45, 2.75) is 6.42 Å². The van der Waals surface area contributed by atoms with Gasteiger partial charge in [0, 0.05) is 44.8 Å². The molecule has 1 amide bonds. The van der Waals surface area contributed by atoms with Crippen LogP contribution in [0.4, 0.5) is 5.69 Å². The van der Waals surface area contributed by atoms with Crippen molar-refractivity contribution >= 4 is 17.8 Å². The lowest BCUT2D eigenvalue weighted by atomic mass is 10.2. The van der Waals surface area contributed by atoms with Gasteiger partial charge in [-0.1, -0.05) is 18.2 Å². The van der Waals surface area contributed by atoms with Crippen molar-refractivity contribution in [2.75, 3.05) is 50.8 Å². The number of hydrogen-bond acceptors (Lipinski definition) is 6. The van der Waals surface area contributed by atoms with Crippen LogP contribution in [-0.2, 0) is 4.79 Å². The normalized spacial score (nSPS) is 16.8. The molecule has 7 heteroatoms. The summed E-state index contributed by atoms with van der Waals surface area (Å²) in [5, 5.41) is 4.06. The maximum atomic E-state index is 12.1.